The standard InChI is InChI=1S/C16H18F2N2O2/c17-11-7-12(18)9-13(8-11)19-15(21)14-3-1-2-6-20(14)16(22)10-4-5-10/h7-10,14H,1-6H2,(H,19,21). The topological polar surface area (TPSA) is 49.4 Å². The van der Waals surface area contributed by atoms with Gasteiger partial charge >= 0.3 is 0 Å². The summed E-state index contributed by atoms with van der Waals surface area (Å²) >= 11 is 0. The van der Waals surface area contributed by atoms with Gasteiger partial charge in [0.1, 0.15) is 17.7 Å². The summed E-state index contributed by atoms with van der Waals surface area (Å²) in [5.74, 6) is -1.78. The molecule has 1 atom stereocenters. The molecule has 6 heteroatoms. The largest absolute Gasteiger partial charge is 0.330 e. The highest BCUT2D eigenvalue weighted by Gasteiger charge is 2.39. The minimum absolute atomic E-state index is 0.0327. The van der Waals surface area contributed by atoms with Gasteiger partial charge in [-0.2, -0.15) is 0 Å². The minimum atomic E-state index is -0.746. The molecule has 0 aromatic heterocycles. The number of amides is 2. The number of carbonyl (C=O) groups is 2. The van der Waals surface area contributed by atoms with Crippen molar-refractivity contribution < 1.29 is 18.4 Å². The van der Waals surface area contributed by atoms with Gasteiger partial charge in [0.25, 0.3) is 0 Å². The van der Waals surface area contributed by atoms with Crippen LogP contribution >= 0.6 is 0 Å². The first-order valence-electron chi connectivity index (χ1n) is 7.62. The Hall–Kier alpha value is -1.98. The zero-order chi connectivity index (χ0) is 15.7. The van der Waals surface area contributed by atoms with Gasteiger partial charge in [-0.25, -0.2) is 8.78 Å². The summed E-state index contributed by atoms with van der Waals surface area (Å²) in [7, 11) is 0. The van der Waals surface area contributed by atoms with E-state index in [0.29, 0.717) is 13.0 Å². The summed E-state index contributed by atoms with van der Waals surface area (Å²) in [5, 5.41) is 2.52. The highest BCUT2D eigenvalue weighted by atomic mass is 19.1. The number of hydrogen-bond acceptors (Lipinski definition) is 2. The first kappa shape index (κ1) is 14.9. The number of likely N-dealkylation sites (tertiary alicyclic amines) is 1. The third kappa shape index (κ3) is 3.26. The van der Waals surface area contributed by atoms with Crippen LogP contribution in [-0.4, -0.2) is 29.3 Å². The molecule has 1 heterocycles. The molecule has 0 spiro atoms. The van der Waals surface area contributed by atoms with Crippen LogP contribution in [0.3, 0.4) is 0 Å². The number of carbonyl (C=O) groups excluding carboxylic acids is 2. The molecule has 1 aromatic carbocycles. The Bertz CT molecular complexity index is 582. The minimum Gasteiger partial charge on any atom is -0.330 e. The fourth-order valence-electron chi connectivity index (χ4n) is 2.88. The predicted octanol–water partition coefficient (Wildman–Crippen LogP) is 2.69. The van der Waals surface area contributed by atoms with Gasteiger partial charge in [-0.1, -0.05) is 0 Å². The number of nitrogens with zero attached hydrogens (tertiary/aromatic N) is 1. The van der Waals surface area contributed by atoms with Gasteiger partial charge in [0.15, 0.2) is 0 Å². The number of piperidine rings is 1. The van der Waals surface area contributed by atoms with Crippen LogP contribution in [0.1, 0.15) is 32.1 Å². The molecule has 2 aliphatic rings. The third-order valence-electron chi connectivity index (χ3n) is 4.15. The van der Waals surface area contributed by atoms with Crippen molar-refractivity contribution >= 4 is 17.5 Å². The summed E-state index contributed by atoms with van der Waals surface area (Å²) in [4.78, 5) is 26.3. The van der Waals surface area contributed by atoms with Crippen molar-refractivity contribution in [2.45, 2.75) is 38.1 Å². The molecule has 1 aliphatic heterocycles. The molecule has 1 aromatic rings. The van der Waals surface area contributed by atoms with Crippen molar-refractivity contribution in [2.24, 2.45) is 5.92 Å². The fourth-order valence-corrected chi connectivity index (χ4v) is 2.88. The summed E-state index contributed by atoms with van der Waals surface area (Å²) in [6, 6.07) is 2.33. The molecule has 2 amide bonds. The van der Waals surface area contributed by atoms with Gasteiger partial charge in [-0.3, -0.25) is 9.59 Å². The van der Waals surface area contributed by atoms with Crippen LogP contribution in [0.25, 0.3) is 0 Å². The first-order valence-corrected chi connectivity index (χ1v) is 7.62. The Morgan fingerprint density at radius 1 is 1.05 bits per heavy atom. The number of halogens is 2. The average molecular weight is 308 g/mol. The zero-order valence-corrected chi connectivity index (χ0v) is 12.1. The third-order valence-corrected chi connectivity index (χ3v) is 4.15. The van der Waals surface area contributed by atoms with Gasteiger partial charge in [-0.05, 0) is 44.2 Å². The highest BCUT2D eigenvalue weighted by Crippen LogP contribution is 2.33. The Labute approximate surface area is 127 Å². The second kappa shape index (κ2) is 6.02. The molecule has 118 valence electrons. The van der Waals surface area contributed by atoms with Gasteiger partial charge in [0.05, 0.1) is 0 Å². The molecule has 1 saturated heterocycles. The van der Waals surface area contributed by atoms with Gasteiger partial charge in [-0.15, -0.1) is 0 Å². The summed E-state index contributed by atoms with van der Waals surface area (Å²) in [5.41, 5.74) is 0.0758. The number of benzene rings is 1. The monoisotopic (exact) mass is 308 g/mol. The van der Waals surface area contributed by atoms with E-state index in [1.807, 2.05) is 0 Å². The molecule has 1 N–H and O–H groups in total. The molecule has 0 bridgehead atoms. The van der Waals surface area contributed by atoms with Crippen molar-refractivity contribution in [2.75, 3.05) is 11.9 Å². The van der Waals surface area contributed by atoms with E-state index in [1.165, 1.54) is 0 Å². The number of nitrogens with one attached hydrogen (secondary N) is 1. The Kier molecular flexibility index (Phi) is 4.09. The summed E-state index contributed by atoms with van der Waals surface area (Å²) in [6.45, 7) is 0.574. The van der Waals surface area contributed by atoms with E-state index in [-0.39, 0.29) is 23.4 Å². The van der Waals surface area contributed by atoms with E-state index in [2.05, 4.69) is 5.32 Å². The predicted molar refractivity (Wildman–Crippen MR) is 77.1 cm³/mol. The van der Waals surface area contributed by atoms with Crippen molar-refractivity contribution in [3.63, 3.8) is 0 Å². The van der Waals surface area contributed by atoms with E-state index in [4.69, 9.17) is 0 Å². The number of rotatable bonds is 3. The van der Waals surface area contributed by atoms with Crippen LogP contribution in [0.15, 0.2) is 18.2 Å². The summed E-state index contributed by atoms with van der Waals surface area (Å²) < 4.78 is 26.4. The van der Waals surface area contributed by atoms with E-state index >= 15 is 0 Å². The van der Waals surface area contributed by atoms with Crippen LogP contribution in [0, 0.1) is 17.6 Å². The number of anilines is 1. The molecule has 1 saturated carbocycles. The maximum absolute atomic E-state index is 13.2. The first-order chi connectivity index (χ1) is 10.5. The molecule has 0 radical (unpaired) electrons. The lowest BCUT2D eigenvalue weighted by atomic mass is 10.0. The van der Waals surface area contributed by atoms with E-state index < -0.39 is 17.7 Å². The van der Waals surface area contributed by atoms with Crippen LogP contribution < -0.4 is 5.32 Å². The van der Waals surface area contributed by atoms with Gasteiger partial charge in [0.2, 0.25) is 11.8 Å². The molecule has 1 unspecified atom stereocenters. The lowest BCUT2D eigenvalue weighted by Crippen LogP contribution is -2.50. The second-order valence-electron chi connectivity index (χ2n) is 5.96. The molecular weight excluding hydrogens is 290 g/mol. The highest BCUT2D eigenvalue weighted by molar-refractivity contribution is 5.97. The van der Waals surface area contributed by atoms with Crippen molar-refractivity contribution in [1.82, 2.24) is 4.90 Å². The smallest absolute Gasteiger partial charge is 0.247 e. The SMILES string of the molecule is O=C(Nc1cc(F)cc(F)c1)C1CCCCN1C(=O)C1CC1. The molecule has 4 nitrogen and oxygen atoms in total. The fraction of sp³-hybridized carbons (Fsp3) is 0.500. The maximum atomic E-state index is 13.2. The van der Waals surface area contributed by atoms with Crippen molar-refractivity contribution in [3.8, 4) is 0 Å². The van der Waals surface area contributed by atoms with Crippen LogP contribution in [0.2, 0.25) is 0 Å². The molecular formula is C16H18F2N2O2. The van der Waals surface area contributed by atoms with Crippen molar-refractivity contribution in [3.05, 3.63) is 29.8 Å². The average Bonchev–Trinajstić information content (AvgIpc) is 3.30. The van der Waals surface area contributed by atoms with E-state index in [9.17, 15) is 18.4 Å². The Morgan fingerprint density at radius 2 is 1.73 bits per heavy atom. The van der Waals surface area contributed by atoms with E-state index in [1.54, 1.807) is 4.90 Å². The van der Waals surface area contributed by atoms with Crippen LogP contribution in [0.5, 0.6) is 0 Å². The normalized spacial score (nSPS) is 21.5. The lowest BCUT2D eigenvalue weighted by Gasteiger charge is -2.34. The van der Waals surface area contributed by atoms with E-state index in [0.717, 1.165) is 43.9 Å². The van der Waals surface area contributed by atoms with Crippen LogP contribution in [0.4, 0.5) is 14.5 Å². The Balaban J connectivity index is 1.72. The molecule has 1 aliphatic carbocycles. The van der Waals surface area contributed by atoms with Crippen molar-refractivity contribution in [1.29, 1.82) is 0 Å². The number of hydrogen-bond donors (Lipinski definition) is 1. The summed E-state index contributed by atoms with van der Waals surface area (Å²) in [6.07, 6.45) is 4.11. The van der Waals surface area contributed by atoms with Crippen LogP contribution in [-0.2, 0) is 9.59 Å². The Morgan fingerprint density at radius 3 is 2.36 bits per heavy atom. The molecule has 22 heavy (non-hydrogen) atoms. The quantitative estimate of drug-likeness (QED) is 0.933. The van der Waals surface area contributed by atoms with Gasteiger partial charge in [0, 0.05) is 24.2 Å². The maximum Gasteiger partial charge on any atom is 0.247 e. The zero-order valence-electron chi connectivity index (χ0n) is 12.1. The second-order valence-corrected chi connectivity index (χ2v) is 5.96. The molecule has 3 rings (SSSR count). The van der Waals surface area contributed by atoms with Gasteiger partial charge < -0.3 is 10.2 Å². The lowest BCUT2D eigenvalue weighted by molar-refractivity contribution is -0.141. The molecule has 2 fully saturated rings.